The van der Waals surface area contributed by atoms with Crippen molar-refractivity contribution in [3.63, 3.8) is 0 Å². The minimum absolute atomic E-state index is 0. The number of carbonyl (C=O) groups excluding carboxylic acids is 2. The van der Waals surface area contributed by atoms with Crippen molar-refractivity contribution < 1.29 is 30.0 Å². The van der Waals surface area contributed by atoms with Gasteiger partial charge in [0.25, 0.3) is 0 Å². The smallest absolute Gasteiger partial charge is 0.206 e. The monoisotopic (exact) mass is 536 g/mol. The van der Waals surface area contributed by atoms with Crippen molar-refractivity contribution in [1.29, 1.82) is 0 Å². The highest BCUT2D eigenvalue weighted by Crippen LogP contribution is 2.50. The van der Waals surface area contributed by atoms with E-state index >= 15 is 0 Å². The SMILES string of the molecule is CC(=Nc1ccc(C)cc1)C1=C(O)[C@@]2(O)C(=O)c3c(c(C)c4ccc(C)c(O)c4c3O)C[C@H]2[C@@H](N)C1=O.Cl. The van der Waals surface area contributed by atoms with E-state index in [-0.39, 0.29) is 46.8 Å². The van der Waals surface area contributed by atoms with Gasteiger partial charge in [-0.2, -0.15) is 0 Å². The molecule has 0 saturated carbocycles. The van der Waals surface area contributed by atoms with Gasteiger partial charge in [-0.1, -0.05) is 29.8 Å². The van der Waals surface area contributed by atoms with Gasteiger partial charge in [0.15, 0.2) is 11.4 Å². The maximum absolute atomic E-state index is 13.9. The van der Waals surface area contributed by atoms with Crippen molar-refractivity contribution in [3.05, 3.63) is 75.5 Å². The van der Waals surface area contributed by atoms with E-state index in [4.69, 9.17) is 5.73 Å². The maximum Gasteiger partial charge on any atom is 0.206 e. The number of halogens is 1. The first kappa shape index (κ1) is 27.3. The summed E-state index contributed by atoms with van der Waals surface area (Å²) >= 11 is 0. The fraction of sp³-hybridized carbons (Fsp3) is 0.276. The number of phenols is 2. The lowest BCUT2D eigenvalue weighted by atomic mass is 9.61. The molecule has 5 rings (SSSR count). The van der Waals surface area contributed by atoms with Crippen molar-refractivity contribution in [2.24, 2.45) is 16.6 Å². The third kappa shape index (κ3) is 3.63. The van der Waals surface area contributed by atoms with Crippen LogP contribution in [0.15, 0.2) is 52.7 Å². The fourth-order valence-electron chi connectivity index (χ4n) is 5.64. The van der Waals surface area contributed by atoms with E-state index in [1.165, 1.54) is 6.92 Å². The molecule has 3 atom stereocenters. The Morgan fingerprint density at radius 2 is 1.63 bits per heavy atom. The summed E-state index contributed by atoms with van der Waals surface area (Å²) in [5, 5.41) is 45.6. The first-order valence-electron chi connectivity index (χ1n) is 12.0. The van der Waals surface area contributed by atoms with Gasteiger partial charge in [-0.25, -0.2) is 0 Å². The Morgan fingerprint density at radius 1 is 1.00 bits per heavy atom. The third-order valence-electron chi connectivity index (χ3n) is 7.82. The summed E-state index contributed by atoms with van der Waals surface area (Å²) in [5.41, 5.74) is 6.39. The Morgan fingerprint density at radius 3 is 2.26 bits per heavy atom. The van der Waals surface area contributed by atoms with Gasteiger partial charge in [-0.05, 0) is 68.3 Å². The lowest BCUT2D eigenvalue weighted by molar-refractivity contribution is -0.122. The highest BCUT2D eigenvalue weighted by Gasteiger charge is 2.60. The van der Waals surface area contributed by atoms with E-state index in [0.717, 1.165) is 5.56 Å². The van der Waals surface area contributed by atoms with Crippen LogP contribution in [0.1, 0.15) is 39.5 Å². The first-order chi connectivity index (χ1) is 17.4. The molecule has 2 aliphatic rings. The van der Waals surface area contributed by atoms with Crippen LogP contribution in [0.25, 0.3) is 10.8 Å². The Kier molecular flexibility index (Phi) is 6.64. The van der Waals surface area contributed by atoms with Crippen LogP contribution in [0.4, 0.5) is 5.69 Å². The topological polar surface area (TPSA) is 153 Å². The number of ketones is 2. The number of aryl methyl sites for hydroxylation is 3. The largest absolute Gasteiger partial charge is 0.508 e. The molecule has 2 aliphatic carbocycles. The zero-order valence-electron chi connectivity index (χ0n) is 21.4. The number of hydrogen-bond acceptors (Lipinski definition) is 8. The first-order valence-corrected chi connectivity index (χ1v) is 12.0. The van der Waals surface area contributed by atoms with Gasteiger partial charge in [0.1, 0.15) is 17.3 Å². The number of Topliss-reactive ketones (excluding diaryl/α,β-unsaturated/α-hetero) is 2. The number of aliphatic hydroxyl groups excluding tert-OH is 1. The molecule has 6 N–H and O–H groups in total. The Bertz CT molecular complexity index is 1590. The predicted octanol–water partition coefficient (Wildman–Crippen LogP) is 4.20. The average Bonchev–Trinajstić information content (AvgIpc) is 2.85. The number of fused-ring (bicyclic) bond motifs is 3. The van der Waals surface area contributed by atoms with E-state index < -0.39 is 40.6 Å². The zero-order chi connectivity index (χ0) is 27.0. The Hall–Kier alpha value is -3.72. The van der Waals surface area contributed by atoms with Gasteiger partial charge in [-0.3, -0.25) is 14.6 Å². The quantitative estimate of drug-likeness (QED) is 0.307. The molecule has 0 heterocycles. The molecule has 38 heavy (non-hydrogen) atoms. The number of aromatic hydroxyl groups is 2. The van der Waals surface area contributed by atoms with Crippen molar-refractivity contribution in [1.82, 2.24) is 0 Å². The minimum atomic E-state index is -2.56. The highest BCUT2D eigenvalue weighted by molar-refractivity contribution is 6.27. The Labute approximate surface area is 225 Å². The van der Waals surface area contributed by atoms with Crippen LogP contribution in [-0.2, 0) is 11.2 Å². The second kappa shape index (κ2) is 9.23. The molecule has 0 bridgehead atoms. The molecule has 0 fully saturated rings. The maximum atomic E-state index is 13.9. The second-order valence-electron chi connectivity index (χ2n) is 10.0. The molecule has 3 aromatic carbocycles. The van der Waals surface area contributed by atoms with E-state index in [9.17, 15) is 30.0 Å². The third-order valence-corrected chi connectivity index (χ3v) is 7.82. The lowest BCUT2D eigenvalue weighted by Crippen LogP contribution is -2.63. The Balaban J connectivity index is 0.00000336. The van der Waals surface area contributed by atoms with Crippen LogP contribution in [0.2, 0.25) is 0 Å². The number of aliphatic hydroxyl groups is 2. The summed E-state index contributed by atoms with van der Waals surface area (Å²) in [4.78, 5) is 31.7. The molecule has 198 valence electrons. The summed E-state index contributed by atoms with van der Waals surface area (Å²) in [5.74, 6) is -4.28. The van der Waals surface area contributed by atoms with Crippen LogP contribution < -0.4 is 5.73 Å². The molecule has 3 aromatic rings. The summed E-state index contributed by atoms with van der Waals surface area (Å²) < 4.78 is 0. The molecule has 0 aromatic heterocycles. The van der Waals surface area contributed by atoms with E-state index in [1.54, 1.807) is 38.1 Å². The minimum Gasteiger partial charge on any atom is -0.508 e. The molecule has 9 heteroatoms. The second-order valence-corrected chi connectivity index (χ2v) is 10.0. The molecule has 0 spiro atoms. The zero-order valence-corrected chi connectivity index (χ0v) is 22.2. The number of carbonyl (C=O) groups is 2. The molecule has 0 unspecified atom stereocenters. The van der Waals surface area contributed by atoms with Crippen molar-refractivity contribution in [3.8, 4) is 11.5 Å². The van der Waals surface area contributed by atoms with Gasteiger partial charge in [0.05, 0.1) is 34.0 Å². The molecule has 0 saturated heterocycles. The van der Waals surface area contributed by atoms with Crippen LogP contribution in [0, 0.1) is 26.7 Å². The van der Waals surface area contributed by atoms with Crippen molar-refractivity contribution >= 4 is 46.1 Å². The van der Waals surface area contributed by atoms with Gasteiger partial charge in [0, 0.05) is 5.92 Å². The number of aliphatic imine (C=N–C) groups is 1. The van der Waals surface area contributed by atoms with Crippen LogP contribution in [0.5, 0.6) is 11.5 Å². The predicted molar refractivity (Wildman–Crippen MR) is 147 cm³/mol. The molecular formula is C29H29ClN2O6. The van der Waals surface area contributed by atoms with Gasteiger partial charge < -0.3 is 26.2 Å². The number of rotatable bonds is 2. The number of nitrogens with zero attached hydrogens (tertiary/aromatic N) is 1. The van der Waals surface area contributed by atoms with E-state index in [2.05, 4.69) is 4.99 Å². The number of benzene rings is 3. The number of phenolic OH excluding ortho intramolecular Hbond substituents is 2. The van der Waals surface area contributed by atoms with Crippen molar-refractivity contribution in [2.75, 3.05) is 0 Å². The van der Waals surface area contributed by atoms with E-state index in [0.29, 0.717) is 27.8 Å². The van der Waals surface area contributed by atoms with Crippen molar-refractivity contribution in [2.45, 2.75) is 45.8 Å². The summed E-state index contributed by atoms with van der Waals surface area (Å²) in [6, 6.07) is 9.29. The standard InChI is InChI=1S/C29H28N2O6.ClH/c1-12-5-8-16(9-6-12)31-15(4)20-26(34)23(30)19-11-18-14(3)17-10-7-13(2)24(32)21(17)25(33)22(18)28(36)29(19,37)27(20)35;/h5-10,19,23,32-33,35,37H,11,30H2,1-4H3;1H/t19-,23+,29+;/m0./s1. The molecule has 0 aliphatic heterocycles. The molecule has 8 nitrogen and oxygen atoms in total. The van der Waals surface area contributed by atoms with Crippen LogP contribution in [-0.4, -0.2) is 49.3 Å². The highest BCUT2D eigenvalue weighted by atomic mass is 35.5. The normalized spacial score (nSPS) is 23.3. The van der Waals surface area contributed by atoms with Gasteiger partial charge in [-0.15, -0.1) is 12.4 Å². The van der Waals surface area contributed by atoms with Crippen LogP contribution >= 0.6 is 12.4 Å². The van der Waals surface area contributed by atoms with Gasteiger partial charge >= 0.3 is 0 Å². The number of hydrogen-bond donors (Lipinski definition) is 5. The number of nitrogens with two attached hydrogens (primary N) is 1. The average molecular weight is 537 g/mol. The van der Waals surface area contributed by atoms with E-state index in [1.807, 2.05) is 19.1 Å². The lowest BCUT2D eigenvalue weighted by Gasteiger charge is -2.45. The summed E-state index contributed by atoms with van der Waals surface area (Å²) in [7, 11) is 0. The van der Waals surface area contributed by atoms with Crippen LogP contribution in [0.3, 0.4) is 0 Å². The molecule has 0 radical (unpaired) electrons. The van der Waals surface area contributed by atoms with Gasteiger partial charge in [0.2, 0.25) is 5.78 Å². The molecular weight excluding hydrogens is 508 g/mol. The molecule has 0 amide bonds. The summed E-state index contributed by atoms with van der Waals surface area (Å²) in [6.45, 7) is 6.82. The fourth-order valence-corrected chi connectivity index (χ4v) is 5.64. The summed E-state index contributed by atoms with van der Waals surface area (Å²) in [6.07, 6.45) is -0.0417.